The second-order valence-corrected chi connectivity index (χ2v) is 5.38. The van der Waals surface area contributed by atoms with Crippen molar-refractivity contribution >= 4 is 5.91 Å². The molecule has 0 atom stereocenters. The molecule has 1 N–H and O–H groups in total. The van der Waals surface area contributed by atoms with E-state index in [0.29, 0.717) is 0 Å². The molecule has 0 aromatic carbocycles. The van der Waals surface area contributed by atoms with E-state index in [-0.39, 0.29) is 5.91 Å². The molecule has 0 bridgehead atoms. The Kier molecular flexibility index (Phi) is 5.02. The van der Waals surface area contributed by atoms with Gasteiger partial charge in [0, 0.05) is 25.8 Å². The average Bonchev–Trinajstić information content (AvgIpc) is 2.88. The summed E-state index contributed by atoms with van der Waals surface area (Å²) in [5, 5.41) is 3.23. The fourth-order valence-corrected chi connectivity index (χ4v) is 2.83. The molecule has 0 spiro atoms. The number of piperidine rings is 1. The number of hydrogen-bond acceptors (Lipinski definition) is 2. The molecule has 1 aromatic heterocycles. The summed E-state index contributed by atoms with van der Waals surface area (Å²) in [6.45, 7) is 5.90. The van der Waals surface area contributed by atoms with Gasteiger partial charge >= 0.3 is 0 Å². The van der Waals surface area contributed by atoms with Crippen molar-refractivity contribution in [1.82, 2.24) is 14.8 Å². The van der Waals surface area contributed by atoms with Crippen molar-refractivity contribution in [3.8, 4) is 0 Å². The van der Waals surface area contributed by atoms with Crippen LogP contribution >= 0.6 is 0 Å². The smallest absolute Gasteiger partial charge is 0.270 e. The molecule has 106 valence electrons. The summed E-state index contributed by atoms with van der Waals surface area (Å²) in [4.78, 5) is 14.5. The number of rotatable bonds is 5. The minimum absolute atomic E-state index is 0.196. The summed E-state index contributed by atoms with van der Waals surface area (Å²) in [6, 6.07) is 3.91. The number of hydrogen-bond donors (Lipinski definition) is 1. The van der Waals surface area contributed by atoms with E-state index in [1.54, 1.807) is 0 Å². The fourth-order valence-electron chi connectivity index (χ4n) is 2.83. The van der Waals surface area contributed by atoms with Crippen LogP contribution in [0.5, 0.6) is 0 Å². The summed E-state index contributed by atoms with van der Waals surface area (Å²) in [7, 11) is 2.00. The maximum Gasteiger partial charge on any atom is 0.270 e. The van der Waals surface area contributed by atoms with E-state index in [1.165, 1.54) is 0 Å². The zero-order chi connectivity index (χ0) is 13.7. The van der Waals surface area contributed by atoms with Gasteiger partial charge in [-0.15, -0.1) is 0 Å². The summed E-state index contributed by atoms with van der Waals surface area (Å²) >= 11 is 0. The van der Waals surface area contributed by atoms with Crippen molar-refractivity contribution in [3.05, 3.63) is 24.0 Å². The van der Waals surface area contributed by atoms with Crippen molar-refractivity contribution < 1.29 is 4.79 Å². The third-order valence-electron chi connectivity index (χ3n) is 3.91. The van der Waals surface area contributed by atoms with Gasteiger partial charge in [-0.25, -0.2) is 0 Å². The average molecular weight is 263 g/mol. The van der Waals surface area contributed by atoms with Crippen LogP contribution in [0.25, 0.3) is 0 Å². The lowest BCUT2D eigenvalue weighted by atomic mass is 9.96. The molecule has 1 aliphatic rings. The van der Waals surface area contributed by atoms with Crippen LogP contribution in [0.3, 0.4) is 0 Å². The number of carbonyl (C=O) groups is 1. The van der Waals surface area contributed by atoms with E-state index in [0.717, 1.165) is 57.1 Å². The van der Waals surface area contributed by atoms with E-state index in [1.807, 2.05) is 30.3 Å². The summed E-state index contributed by atoms with van der Waals surface area (Å²) in [6.07, 6.45) is 5.28. The van der Waals surface area contributed by atoms with Gasteiger partial charge in [0.05, 0.1) is 0 Å². The number of nitrogens with one attached hydrogen (secondary N) is 1. The molecule has 19 heavy (non-hydrogen) atoms. The van der Waals surface area contributed by atoms with Crippen LogP contribution < -0.4 is 5.32 Å². The number of aromatic nitrogens is 1. The number of carbonyl (C=O) groups excluding carboxylic acids is 1. The van der Waals surface area contributed by atoms with Gasteiger partial charge in [-0.2, -0.15) is 0 Å². The van der Waals surface area contributed by atoms with Crippen LogP contribution in [-0.4, -0.2) is 42.1 Å². The van der Waals surface area contributed by atoms with Gasteiger partial charge in [0.15, 0.2) is 0 Å². The summed E-state index contributed by atoms with van der Waals surface area (Å²) < 4.78 is 2.07. The maximum absolute atomic E-state index is 12.5. The number of nitrogens with zero attached hydrogens (tertiary/aromatic N) is 2. The van der Waals surface area contributed by atoms with E-state index in [2.05, 4.69) is 16.8 Å². The second kappa shape index (κ2) is 6.75. The standard InChI is InChI=1S/C15H25N3O/c1-3-8-17-9-4-5-14(17)15(19)18-10-6-13(7-11-18)12-16-2/h4-5,9,13,16H,3,6-8,10-12H2,1-2H3. The Bertz CT molecular complexity index is 405. The van der Waals surface area contributed by atoms with Gasteiger partial charge in [0.1, 0.15) is 5.69 Å². The number of likely N-dealkylation sites (tertiary alicyclic amines) is 1. The van der Waals surface area contributed by atoms with Crippen LogP contribution in [0.2, 0.25) is 0 Å². The first-order valence-electron chi connectivity index (χ1n) is 7.35. The highest BCUT2D eigenvalue weighted by Crippen LogP contribution is 2.18. The van der Waals surface area contributed by atoms with Crippen LogP contribution in [0, 0.1) is 5.92 Å². The first-order chi connectivity index (χ1) is 9.26. The van der Waals surface area contributed by atoms with E-state index < -0.39 is 0 Å². The molecule has 0 radical (unpaired) electrons. The van der Waals surface area contributed by atoms with Gasteiger partial charge in [-0.1, -0.05) is 6.92 Å². The van der Waals surface area contributed by atoms with Gasteiger partial charge < -0.3 is 14.8 Å². The molecule has 1 aromatic rings. The molecule has 4 heteroatoms. The zero-order valence-electron chi connectivity index (χ0n) is 12.1. The van der Waals surface area contributed by atoms with Crippen molar-refractivity contribution in [2.24, 2.45) is 5.92 Å². The minimum atomic E-state index is 0.196. The lowest BCUT2D eigenvalue weighted by Gasteiger charge is -2.32. The Morgan fingerprint density at radius 2 is 2.16 bits per heavy atom. The molecule has 2 heterocycles. The third-order valence-corrected chi connectivity index (χ3v) is 3.91. The lowest BCUT2D eigenvalue weighted by molar-refractivity contribution is 0.0680. The SMILES string of the molecule is CCCn1cccc1C(=O)N1CCC(CNC)CC1. The normalized spacial score (nSPS) is 16.8. The molecule has 4 nitrogen and oxygen atoms in total. The Morgan fingerprint density at radius 3 is 2.79 bits per heavy atom. The molecule has 1 aliphatic heterocycles. The molecule has 0 aliphatic carbocycles. The van der Waals surface area contributed by atoms with Crippen LogP contribution in [0.15, 0.2) is 18.3 Å². The maximum atomic E-state index is 12.5. The summed E-state index contributed by atoms with van der Waals surface area (Å²) in [5.41, 5.74) is 0.842. The Morgan fingerprint density at radius 1 is 1.42 bits per heavy atom. The summed E-state index contributed by atoms with van der Waals surface area (Å²) in [5.74, 6) is 0.915. The van der Waals surface area contributed by atoms with E-state index in [9.17, 15) is 4.79 Å². The van der Waals surface area contributed by atoms with Crippen LogP contribution in [0.4, 0.5) is 0 Å². The largest absolute Gasteiger partial charge is 0.344 e. The molecule has 0 unspecified atom stereocenters. The third kappa shape index (κ3) is 3.38. The fraction of sp³-hybridized carbons (Fsp3) is 0.667. The molecule has 1 amide bonds. The first kappa shape index (κ1) is 14.1. The molecule has 1 fully saturated rings. The monoisotopic (exact) mass is 263 g/mol. The van der Waals surface area contributed by atoms with Crippen LogP contribution in [0.1, 0.15) is 36.7 Å². The Hall–Kier alpha value is -1.29. The minimum Gasteiger partial charge on any atom is -0.344 e. The van der Waals surface area contributed by atoms with Crippen molar-refractivity contribution in [1.29, 1.82) is 0 Å². The highest BCUT2D eigenvalue weighted by atomic mass is 16.2. The predicted octanol–water partition coefficient (Wildman–Crippen LogP) is 1.97. The van der Waals surface area contributed by atoms with Crippen molar-refractivity contribution in [2.75, 3.05) is 26.7 Å². The molecular formula is C15H25N3O. The quantitative estimate of drug-likeness (QED) is 0.882. The van der Waals surface area contributed by atoms with Crippen molar-refractivity contribution in [2.45, 2.75) is 32.7 Å². The highest BCUT2D eigenvalue weighted by Gasteiger charge is 2.24. The van der Waals surface area contributed by atoms with Gasteiger partial charge in [-0.05, 0) is 50.9 Å². The Labute approximate surface area is 115 Å². The van der Waals surface area contributed by atoms with E-state index in [4.69, 9.17) is 0 Å². The van der Waals surface area contributed by atoms with Gasteiger partial charge in [-0.3, -0.25) is 4.79 Å². The number of aryl methyl sites for hydroxylation is 1. The lowest BCUT2D eigenvalue weighted by Crippen LogP contribution is -2.41. The molecule has 2 rings (SSSR count). The van der Waals surface area contributed by atoms with E-state index >= 15 is 0 Å². The molecular weight excluding hydrogens is 238 g/mol. The van der Waals surface area contributed by atoms with Crippen molar-refractivity contribution in [3.63, 3.8) is 0 Å². The first-order valence-corrected chi connectivity index (χ1v) is 7.35. The molecule has 0 saturated carbocycles. The topological polar surface area (TPSA) is 37.3 Å². The van der Waals surface area contributed by atoms with Crippen LogP contribution in [-0.2, 0) is 6.54 Å². The Balaban J connectivity index is 1.95. The molecule has 1 saturated heterocycles. The van der Waals surface area contributed by atoms with Gasteiger partial charge in [0.2, 0.25) is 0 Å². The number of amides is 1. The second-order valence-electron chi connectivity index (χ2n) is 5.38. The van der Waals surface area contributed by atoms with Gasteiger partial charge in [0.25, 0.3) is 5.91 Å². The highest BCUT2D eigenvalue weighted by molar-refractivity contribution is 5.92. The predicted molar refractivity (Wildman–Crippen MR) is 77.3 cm³/mol. The zero-order valence-corrected chi connectivity index (χ0v) is 12.1.